The van der Waals surface area contributed by atoms with Crippen molar-refractivity contribution < 1.29 is 14.7 Å². The summed E-state index contributed by atoms with van der Waals surface area (Å²) in [5.74, 6) is -1.25. The fraction of sp³-hybridized carbons (Fsp3) is 0.417. The van der Waals surface area contributed by atoms with Crippen molar-refractivity contribution in [2.45, 2.75) is 32.2 Å². The Balaban J connectivity index is 2.37. The number of carboxylic acid groups (broad SMARTS) is 1. The molecule has 0 aliphatic rings. The number of amides is 1. The van der Waals surface area contributed by atoms with Crippen LogP contribution in [0.25, 0.3) is 0 Å². The van der Waals surface area contributed by atoms with Crippen molar-refractivity contribution in [1.82, 2.24) is 10.3 Å². The van der Waals surface area contributed by atoms with E-state index >= 15 is 0 Å². The van der Waals surface area contributed by atoms with Crippen molar-refractivity contribution in [1.29, 1.82) is 0 Å². The van der Waals surface area contributed by atoms with Gasteiger partial charge in [-0.3, -0.25) is 9.78 Å². The number of carbonyl (C=O) groups excluding carboxylic acids is 1. The molecule has 5 heteroatoms. The van der Waals surface area contributed by atoms with Crippen molar-refractivity contribution in [3.63, 3.8) is 0 Å². The minimum atomic E-state index is -0.998. The van der Waals surface area contributed by atoms with E-state index in [2.05, 4.69) is 10.3 Å². The number of rotatable bonds is 6. The fourth-order valence-corrected chi connectivity index (χ4v) is 1.41. The molecule has 0 aliphatic carbocycles. The molecule has 0 aromatic carbocycles. The first kappa shape index (κ1) is 13.2. The van der Waals surface area contributed by atoms with E-state index in [4.69, 9.17) is 5.11 Å². The van der Waals surface area contributed by atoms with E-state index in [0.717, 1.165) is 5.56 Å². The first-order valence-corrected chi connectivity index (χ1v) is 5.54. The van der Waals surface area contributed by atoms with Crippen LogP contribution in [0.1, 0.15) is 25.3 Å². The molecule has 0 unspecified atom stereocenters. The van der Waals surface area contributed by atoms with Crippen molar-refractivity contribution in [2.75, 3.05) is 0 Å². The maximum Gasteiger partial charge on any atom is 0.326 e. The molecule has 2 N–H and O–H groups in total. The molecule has 1 aromatic rings. The minimum Gasteiger partial charge on any atom is -0.480 e. The Bertz CT molecular complexity index is 379. The average Bonchev–Trinajstić information content (AvgIpc) is 2.34. The normalized spacial score (nSPS) is 11.8. The zero-order valence-electron chi connectivity index (χ0n) is 9.72. The van der Waals surface area contributed by atoms with Crippen LogP contribution in [0.5, 0.6) is 0 Å². The molecule has 5 nitrogen and oxygen atoms in total. The van der Waals surface area contributed by atoms with Gasteiger partial charge in [-0.25, -0.2) is 4.79 Å². The first-order valence-electron chi connectivity index (χ1n) is 5.54. The SMILES string of the molecule is CC[C@@H](NC(=O)CCc1cccnc1)C(=O)O. The lowest BCUT2D eigenvalue weighted by Gasteiger charge is -2.11. The number of nitrogens with zero attached hydrogens (tertiary/aromatic N) is 1. The molecule has 0 aliphatic heterocycles. The standard InChI is InChI=1S/C12H16N2O3/c1-2-10(12(16)17)14-11(15)6-5-9-4-3-7-13-8-9/h3-4,7-8,10H,2,5-6H2,1H3,(H,14,15)(H,16,17)/t10-/m1/s1. The fourth-order valence-electron chi connectivity index (χ4n) is 1.41. The molecule has 0 fully saturated rings. The molecule has 1 rings (SSSR count). The van der Waals surface area contributed by atoms with Crippen molar-refractivity contribution >= 4 is 11.9 Å². The summed E-state index contributed by atoms with van der Waals surface area (Å²) in [5, 5.41) is 11.3. The Hall–Kier alpha value is -1.91. The summed E-state index contributed by atoms with van der Waals surface area (Å²) in [5.41, 5.74) is 0.964. The van der Waals surface area contributed by atoms with E-state index in [1.54, 1.807) is 25.4 Å². The lowest BCUT2D eigenvalue weighted by atomic mass is 10.1. The van der Waals surface area contributed by atoms with E-state index in [9.17, 15) is 9.59 Å². The smallest absolute Gasteiger partial charge is 0.326 e. The second-order valence-electron chi connectivity index (χ2n) is 3.73. The summed E-state index contributed by atoms with van der Waals surface area (Å²) in [6.45, 7) is 1.72. The zero-order valence-corrected chi connectivity index (χ0v) is 9.72. The maximum atomic E-state index is 11.5. The number of hydrogen-bond acceptors (Lipinski definition) is 3. The summed E-state index contributed by atoms with van der Waals surface area (Å²) in [7, 11) is 0. The first-order chi connectivity index (χ1) is 8.13. The molecule has 0 radical (unpaired) electrons. The van der Waals surface area contributed by atoms with Gasteiger partial charge in [-0.1, -0.05) is 13.0 Å². The van der Waals surface area contributed by atoms with Crippen LogP contribution in [-0.4, -0.2) is 28.0 Å². The number of carboxylic acids is 1. The third-order valence-corrected chi connectivity index (χ3v) is 2.41. The van der Waals surface area contributed by atoms with E-state index in [1.165, 1.54) is 0 Å². The van der Waals surface area contributed by atoms with Crippen LogP contribution in [0.3, 0.4) is 0 Å². The van der Waals surface area contributed by atoms with E-state index < -0.39 is 12.0 Å². The Morgan fingerprint density at radius 2 is 2.29 bits per heavy atom. The topological polar surface area (TPSA) is 79.3 Å². The van der Waals surface area contributed by atoms with Crippen LogP contribution in [0, 0.1) is 0 Å². The van der Waals surface area contributed by atoms with Gasteiger partial charge >= 0.3 is 5.97 Å². The van der Waals surface area contributed by atoms with E-state index in [-0.39, 0.29) is 12.3 Å². The summed E-state index contributed by atoms with van der Waals surface area (Å²) in [6.07, 6.45) is 4.59. The van der Waals surface area contributed by atoms with Crippen LogP contribution in [0.15, 0.2) is 24.5 Å². The van der Waals surface area contributed by atoms with Gasteiger partial charge in [0.25, 0.3) is 0 Å². The highest BCUT2D eigenvalue weighted by atomic mass is 16.4. The van der Waals surface area contributed by atoms with Crippen LogP contribution in [0.2, 0.25) is 0 Å². The summed E-state index contributed by atoms with van der Waals surface area (Å²) in [6, 6.07) is 2.89. The second-order valence-corrected chi connectivity index (χ2v) is 3.73. The average molecular weight is 236 g/mol. The molecule has 17 heavy (non-hydrogen) atoms. The maximum absolute atomic E-state index is 11.5. The van der Waals surface area contributed by atoms with Gasteiger partial charge in [0.2, 0.25) is 5.91 Å². The number of aromatic nitrogens is 1. The largest absolute Gasteiger partial charge is 0.480 e. The van der Waals surface area contributed by atoms with Crippen LogP contribution in [0.4, 0.5) is 0 Å². The number of pyridine rings is 1. The molecule has 1 heterocycles. The van der Waals surface area contributed by atoms with Gasteiger partial charge in [0.1, 0.15) is 6.04 Å². The van der Waals surface area contributed by atoms with Crippen LogP contribution in [-0.2, 0) is 16.0 Å². The van der Waals surface area contributed by atoms with Gasteiger partial charge in [0.15, 0.2) is 0 Å². The molecule has 0 bridgehead atoms. The molecular weight excluding hydrogens is 220 g/mol. The number of carbonyl (C=O) groups is 2. The lowest BCUT2D eigenvalue weighted by molar-refractivity contribution is -0.141. The lowest BCUT2D eigenvalue weighted by Crippen LogP contribution is -2.40. The van der Waals surface area contributed by atoms with Gasteiger partial charge < -0.3 is 10.4 Å². The second kappa shape index (κ2) is 6.62. The molecule has 0 saturated heterocycles. The Morgan fingerprint density at radius 3 is 2.82 bits per heavy atom. The summed E-state index contributed by atoms with van der Waals surface area (Å²) < 4.78 is 0. The quantitative estimate of drug-likeness (QED) is 0.772. The highest BCUT2D eigenvalue weighted by Crippen LogP contribution is 2.01. The Labute approximate surface area is 99.9 Å². The third-order valence-electron chi connectivity index (χ3n) is 2.41. The predicted octanol–water partition coefficient (Wildman–Crippen LogP) is 0.994. The summed E-state index contributed by atoms with van der Waals surface area (Å²) >= 11 is 0. The monoisotopic (exact) mass is 236 g/mol. The molecular formula is C12H16N2O3. The Morgan fingerprint density at radius 1 is 1.53 bits per heavy atom. The highest BCUT2D eigenvalue weighted by molar-refractivity contribution is 5.83. The minimum absolute atomic E-state index is 0.247. The number of aryl methyl sites for hydroxylation is 1. The molecule has 92 valence electrons. The molecule has 0 saturated carbocycles. The number of hydrogen-bond donors (Lipinski definition) is 2. The highest BCUT2D eigenvalue weighted by Gasteiger charge is 2.16. The van der Waals surface area contributed by atoms with Gasteiger partial charge in [-0.2, -0.15) is 0 Å². The van der Waals surface area contributed by atoms with Gasteiger partial charge in [0.05, 0.1) is 0 Å². The molecule has 1 amide bonds. The number of aliphatic carboxylic acids is 1. The Kier molecular flexibility index (Phi) is 5.13. The van der Waals surface area contributed by atoms with Gasteiger partial charge in [0, 0.05) is 18.8 Å². The predicted molar refractivity (Wildman–Crippen MR) is 62.4 cm³/mol. The molecule has 0 spiro atoms. The third kappa shape index (κ3) is 4.63. The van der Waals surface area contributed by atoms with Crippen molar-refractivity contribution in [2.24, 2.45) is 0 Å². The molecule has 1 atom stereocenters. The van der Waals surface area contributed by atoms with Crippen LogP contribution >= 0.6 is 0 Å². The van der Waals surface area contributed by atoms with Crippen LogP contribution < -0.4 is 5.32 Å². The van der Waals surface area contributed by atoms with Crippen molar-refractivity contribution in [3.8, 4) is 0 Å². The zero-order chi connectivity index (χ0) is 12.7. The molecule has 1 aromatic heterocycles. The summed E-state index contributed by atoms with van der Waals surface area (Å²) in [4.78, 5) is 26.2. The number of nitrogens with one attached hydrogen (secondary N) is 1. The van der Waals surface area contributed by atoms with Crippen molar-refractivity contribution in [3.05, 3.63) is 30.1 Å². The van der Waals surface area contributed by atoms with E-state index in [0.29, 0.717) is 12.8 Å². The van der Waals surface area contributed by atoms with E-state index in [1.807, 2.05) is 6.07 Å². The van der Waals surface area contributed by atoms with Gasteiger partial charge in [-0.05, 0) is 24.5 Å². The van der Waals surface area contributed by atoms with Gasteiger partial charge in [-0.15, -0.1) is 0 Å².